The highest BCUT2D eigenvalue weighted by atomic mass is 32.2. The fourth-order valence-corrected chi connectivity index (χ4v) is 8.93. The third-order valence-corrected chi connectivity index (χ3v) is 12.0. The van der Waals surface area contributed by atoms with E-state index in [9.17, 15) is 35.8 Å². The first-order valence-electron chi connectivity index (χ1n) is 17.5. The standard InChI is InChI=1S/C38H46N2O9S2/c1-37(2,3)33-23-25(29-22-26-11-7-18-39-19-8-12-28(35(26)39)36(29)49-33)10-5-13-32-38(4,17-6-14-34(41)42)30-24-27(51(46,47)48)15-16-31(30)40(32)20-9-21-50(43,44)45/h5,10,13,15-16,22-24H,6-9,11-12,14,17-21H2,1-4H3,(H2-,41,42,43,44,45,46,47,48)/p-1. The van der Waals surface area contributed by atoms with E-state index in [0.717, 1.165) is 61.4 Å². The van der Waals surface area contributed by atoms with E-state index >= 15 is 0 Å². The number of carboxylic acid groups (broad SMARTS) is 1. The van der Waals surface area contributed by atoms with E-state index < -0.39 is 42.3 Å². The van der Waals surface area contributed by atoms with Crippen LogP contribution in [0.4, 0.5) is 11.4 Å². The van der Waals surface area contributed by atoms with Gasteiger partial charge >= 0.3 is 5.97 Å². The van der Waals surface area contributed by atoms with Gasteiger partial charge in [-0.05, 0) is 80.9 Å². The van der Waals surface area contributed by atoms with Crippen molar-refractivity contribution >= 4 is 48.9 Å². The Morgan fingerprint density at radius 3 is 2.47 bits per heavy atom. The maximum Gasteiger partial charge on any atom is 0.303 e. The van der Waals surface area contributed by atoms with Crippen molar-refractivity contribution in [1.82, 2.24) is 0 Å². The van der Waals surface area contributed by atoms with Gasteiger partial charge in [0, 0.05) is 71.6 Å². The minimum atomic E-state index is -4.81. The summed E-state index contributed by atoms with van der Waals surface area (Å²) in [5.74, 6) is 0.156. The normalized spacial score (nSPS) is 21.0. The molecule has 1 N–H and O–H groups in total. The second kappa shape index (κ2) is 13.6. The van der Waals surface area contributed by atoms with Crippen LogP contribution in [-0.2, 0) is 43.3 Å². The van der Waals surface area contributed by atoms with Crippen LogP contribution < -0.4 is 9.64 Å². The molecule has 4 aliphatic rings. The average Bonchev–Trinajstić information content (AvgIpc) is 3.26. The molecule has 0 saturated heterocycles. The van der Waals surface area contributed by atoms with Gasteiger partial charge in [0.25, 0.3) is 0 Å². The van der Waals surface area contributed by atoms with Gasteiger partial charge in [-0.3, -0.25) is 4.79 Å². The van der Waals surface area contributed by atoms with Gasteiger partial charge in [0.15, 0.2) is 5.71 Å². The van der Waals surface area contributed by atoms with E-state index in [0.29, 0.717) is 23.4 Å². The van der Waals surface area contributed by atoms with Crippen LogP contribution in [0.2, 0.25) is 0 Å². The number of benzene rings is 2. The molecule has 13 heteroatoms. The maximum atomic E-state index is 12.1. The Hall–Kier alpha value is -3.78. The number of aliphatic carboxylic acids is 1. The molecule has 0 bridgehead atoms. The van der Waals surface area contributed by atoms with Crippen LogP contribution in [-0.4, -0.2) is 72.7 Å². The topological polar surface area (TPSA) is 167 Å². The molecule has 274 valence electrons. The Balaban J connectivity index is 1.49. The SMILES string of the molecule is CC(C)(C)C1=CC(=CC=CC2=[N+](CCCS(=O)(=O)[O-])c3ccc(S(=O)(=O)[O-])cc3C2(C)CCCC(=O)O)c2cc3c4c(c2O1)CCCN4CCC3. The molecule has 4 aliphatic heterocycles. The van der Waals surface area contributed by atoms with Gasteiger partial charge in [-0.1, -0.05) is 32.9 Å². The lowest BCUT2D eigenvalue weighted by molar-refractivity contribution is -0.437. The minimum Gasteiger partial charge on any atom is -0.748 e. The van der Waals surface area contributed by atoms with Crippen molar-refractivity contribution in [1.29, 1.82) is 0 Å². The summed E-state index contributed by atoms with van der Waals surface area (Å²) in [7, 11) is -9.31. The van der Waals surface area contributed by atoms with Crippen molar-refractivity contribution in [3.63, 3.8) is 0 Å². The maximum absolute atomic E-state index is 12.1. The third kappa shape index (κ3) is 7.58. The molecule has 6 rings (SSSR count). The van der Waals surface area contributed by atoms with E-state index in [-0.39, 0.29) is 31.2 Å². The molecule has 4 heterocycles. The summed E-state index contributed by atoms with van der Waals surface area (Å²) in [5, 5.41) is 9.44. The van der Waals surface area contributed by atoms with Gasteiger partial charge in [-0.25, -0.2) is 16.8 Å². The number of rotatable bonds is 11. The van der Waals surface area contributed by atoms with Crippen molar-refractivity contribution < 1.29 is 45.2 Å². The minimum absolute atomic E-state index is 0.00378. The van der Waals surface area contributed by atoms with Crippen LogP contribution >= 0.6 is 0 Å². The number of fused-ring (bicyclic) bond motifs is 3. The number of allylic oxidation sites excluding steroid dienone is 6. The molecule has 0 fully saturated rings. The number of carbonyl (C=O) groups is 1. The van der Waals surface area contributed by atoms with E-state index in [1.165, 1.54) is 35.0 Å². The predicted molar refractivity (Wildman–Crippen MR) is 193 cm³/mol. The summed E-state index contributed by atoms with van der Waals surface area (Å²) in [6.07, 6.45) is 12.4. The molecule has 0 saturated carbocycles. The van der Waals surface area contributed by atoms with Crippen molar-refractivity contribution in [3.05, 3.63) is 76.6 Å². The number of hydrogen-bond donors (Lipinski definition) is 1. The van der Waals surface area contributed by atoms with Gasteiger partial charge in [0.05, 0.1) is 20.4 Å². The first-order valence-corrected chi connectivity index (χ1v) is 20.5. The zero-order chi connectivity index (χ0) is 36.9. The number of hydrogen-bond acceptors (Lipinski definition) is 9. The smallest absolute Gasteiger partial charge is 0.303 e. The lowest BCUT2D eigenvalue weighted by Gasteiger charge is -2.40. The first kappa shape index (κ1) is 37.0. The summed E-state index contributed by atoms with van der Waals surface area (Å²) >= 11 is 0. The molecular formula is C38H45N2O9S2-. The van der Waals surface area contributed by atoms with E-state index in [1.54, 1.807) is 0 Å². The van der Waals surface area contributed by atoms with Gasteiger partial charge in [-0.15, -0.1) is 0 Å². The van der Waals surface area contributed by atoms with Crippen LogP contribution in [0.15, 0.2) is 59.2 Å². The molecular weight excluding hydrogens is 693 g/mol. The Morgan fingerprint density at radius 2 is 1.80 bits per heavy atom. The van der Waals surface area contributed by atoms with Crippen LogP contribution in [0.5, 0.6) is 5.75 Å². The van der Waals surface area contributed by atoms with Crippen molar-refractivity contribution in [3.8, 4) is 5.75 Å². The highest BCUT2D eigenvalue weighted by Gasteiger charge is 2.47. The van der Waals surface area contributed by atoms with E-state index in [2.05, 4.69) is 37.8 Å². The second-order valence-electron chi connectivity index (χ2n) is 15.1. The lowest BCUT2D eigenvalue weighted by atomic mass is 9.75. The fourth-order valence-electron chi connectivity index (χ4n) is 7.95. The second-order valence-corrected chi connectivity index (χ2v) is 18.0. The van der Waals surface area contributed by atoms with Crippen molar-refractivity contribution in [2.75, 3.05) is 30.3 Å². The van der Waals surface area contributed by atoms with Crippen LogP contribution in [0.25, 0.3) is 5.57 Å². The predicted octanol–water partition coefficient (Wildman–Crippen LogP) is 5.80. The molecule has 0 aliphatic carbocycles. The molecule has 11 nitrogen and oxygen atoms in total. The van der Waals surface area contributed by atoms with Gasteiger partial charge in [-0.2, -0.15) is 4.58 Å². The number of nitrogens with zero attached hydrogens (tertiary/aromatic N) is 2. The van der Waals surface area contributed by atoms with Crippen LogP contribution in [0.3, 0.4) is 0 Å². The zero-order valence-corrected chi connectivity index (χ0v) is 31.2. The number of carboxylic acids is 1. The Bertz CT molecular complexity index is 2120. The fraction of sp³-hybridized carbons (Fsp3) is 0.474. The van der Waals surface area contributed by atoms with Gasteiger partial charge < -0.3 is 23.8 Å². The molecule has 2 aromatic carbocycles. The molecule has 1 atom stereocenters. The summed E-state index contributed by atoms with van der Waals surface area (Å²) in [5.41, 5.74) is 6.38. The first-order chi connectivity index (χ1) is 23.9. The number of aryl methyl sites for hydroxylation is 1. The lowest BCUT2D eigenvalue weighted by Crippen LogP contribution is -2.35. The van der Waals surface area contributed by atoms with Crippen LogP contribution in [0.1, 0.15) is 88.5 Å². The highest BCUT2D eigenvalue weighted by molar-refractivity contribution is 7.86. The summed E-state index contributed by atoms with van der Waals surface area (Å²) in [4.78, 5) is 13.6. The Kier molecular flexibility index (Phi) is 9.90. The molecule has 0 spiro atoms. The van der Waals surface area contributed by atoms with Gasteiger partial charge in [0.1, 0.15) is 28.2 Å². The van der Waals surface area contributed by atoms with Crippen molar-refractivity contribution in [2.24, 2.45) is 5.41 Å². The average molecular weight is 738 g/mol. The van der Waals surface area contributed by atoms with E-state index in [1.807, 2.05) is 29.7 Å². The van der Waals surface area contributed by atoms with Gasteiger partial charge in [0.2, 0.25) is 5.69 Å². The summed E-state index contributed by atoms with van der Waals surface area (Å²) in [6, 6.07) is 6.32. The molecule has 0 radical (unpaired) electrons. The highest BCUT2D eigenvalue weighted by Crippen LogP contribution is 2.49. The third-order valence-electron chi connectivity index (χ3n) is 10.4. The zero-order valence-electron chi connectivity index (χ0n) is 29.5. The number of anilines is 1. The Labute approximate surface area is 300 Å². The molecule has 51 heavy (non-hydrogen) atoms. The summed E-state index contributed by atoms with van der Waals surface area (Å²) < 4.78 is 79.5. The Morgan fingerprint density at radius 1 is 1.08 bits per heavy atom. The molecule has 2 aromatic rings. The quantitative estimate of drug-likeness (QED) is 0.220. The molecule has 1 unspecified atom stereocenters. The van der Waals surface area contributed by atoms with E-state index in [4.69, 9.17) is 4.74 Å². The molecule has 0 amide bonds. The molecule has 0 aromatic heterocycles. The number of ether oxygens (including phenoxy) is 1. The van der Waals surface area contributed by atoms with Crippen LogP contribution in [0, 0.1) is 5.41 Å². The largest absolute Gasteiger partial charge is 0.748 e. The summed E-state index contributed by atoms with van der Waals surface area (Å²) in [6.45, 7) is 10.4. The monoisotopic (exact) mass is 737 g/mol. The van der Waals surface area contributed by atoms with Crippen molar-refractivity contribution in [2.45, 2.75) is 89.4 Å².